The molecule has 174 valence electrons. The average Bonchev–Trinajstić information content (AvgIpc) is 2.79. The Morgan fingerprint density at radius 3 is 2.25 bits per heavy atom. The first-order chi connectivity index (χ1) is 15.3. The number of hydroxylamine groups is 2. The normalized spacial score (nSPS) is 16.5. The Kier molecular flexibility index (Phi) is 8.11. The Morgan fingerprint density at radius 2 is 1.66 bits per heavy atom. The lowest BCUT2D eigenvalue weighted by Gasteiger charge is -2.33. The van der Waals surface area contributed by atoms with Gasteiger partial charge in [0.15, 0.2) is 11.5 Å². The van der Waals surface area contributed by atoms with Gasteiger partial charge < -0.3 is 9.47 Å². The summed E-state index contributed by atoms with van der Waals surface area (Å²) in [5, 5.41) is 10.4. The van der Waals surface area contributed by atoms with Gasteiger partial charge in [-0.2, -0.15) is 0 Å². The number of hydrogen-bond donors (Lipinski definition) is 1. The molecule has 2 aromatic carbocycles. The van der Waals surface area contributed by atoms with Gasteiger partial charge >= 0.3 is 0 Å². The predicted molar refractivity (Wildman–Crippen MR) is 120 cm³/mol. The molecule has 1 unspecified atom stereocenters. The van der Waals surface area contributed by atoms with Crippen LogP contribution in [0, 0.1) is 0 Å². The average molecular weight is 463 g/mol. The number of amides is 1. The second-order valence-corrected chi connectivity index (χ2v) is 10.0. The molecule has 0 spiro atoms. The second kappa shape index (κ2) is 10.8. The van der Waals surface area contributed by atoms with Crippen molar-refractivity contribution in [2.75, 3.05) is 18.8 Å². The zero-order chi connectivity index (χ0) is 23.1. The Bertz CT molecular complexity index is 975. The fourth-order valence-corrected chi connectivity index (χ4v) is 5.41. The topological polar surface area (TPSA) is 96.4 Å². The molecule has 9 heteroatoms. The summed E-state index contributed by atoms with van der Waals surface area (Å²) in [7, 11) is -3.71. The Balaban J connectivity index is 1.63. The van der Waals surface area contributed by atoms with Gasteiger partial charge in [-0.1, -0.05) is 42.5 Å². The molecule has 3 rings (SSSR count). The first-order valence-corrected chi connectivity index (χ1v) is 12.3. The van der Waals surface area contributed by atoms with Crippen LogP contribution in [0.3, 0.4) is 0 Å². The quantitative estimate of drug-likeness (QED) is 0.331. The van der Waals surface area contributed by atoms with Gasteiger partial charge in [-0.05, 0) is 44.4 Å². The highest BCUT2D eigenvalue weighted by Crippen LogP contribution is 2.31. The molecule has 0 aliphatic carbocycles. The van der Waals surface area contributed by atoms with Crippen LogP contribution in [0.2, 0.25) is 0 Å². The molecule has 0 aromatic heterocycles. The number of hydrogen-bond acceptors (Lipinski definition) is 6. The summed E-state index contributed by atoms with van der Waals surface area (Å²) in [6.45, 7) is 4.49. The van der Waals surface area contributed by atoms with E-state index in [4.69, 9.17) is 9.47 Å². The number of rotatable bonds is 10. The molecular weight excluding hydrogens is 432 g/mol. The van der Waals surface area contributed by atoms with Crippen LogP contribution in [0.1, 0.15) is 38.3 Å². The maximum atomic E-state index is 13.0. The molecule has 8 nitrogen and oxygen atoms in total. The number of nitrogens with zero attached hydrogens (tertiary/aromatic N) is 2. The van der Waals surface area contributed by atoms with Gasteiger partial charge in [0.1, 0.15) is 6.10 Å². The van der Waals surface area contributed by atoms with Gasteiger partial charge in [0, 0.05) is 13.1 Å². The van der Waals surface area contributed by atoms with Gasteiger partial charge in [-0.3, -0.25) is 10.0 Å². The third-order valence-corrected chi connectivity index (χ3v) is 7.17. The highest BCUT2D eigenvalue weighted by atomic mass is 32.2. The highest BCUT2D eigenvalue weighted by molar-refractivity contribution is 7.89. The standard InChI is InChI=1S/C23H30N2O6S/c1-18(2)30-22-10-6-7-11-23(22)31-20-12-14-24(15-13-20)32(28,29)16-21(25(27)17-26)19-8-4-3-5-9-19/h3-11,17-18,20-21,27H,12-16H2,1-2H3. The van der Waals surface area contributed by atoms with Crippen molar-refractivity contribution < 1.29 is 27.9 Å². The van der Waals surface area contributed by atoms with Crippen LogP contribution in [-0.2, 0) is 14.8 Å². The molecule has 1 amide bonds. The largest absolute Gasteiger partial charge is 0.487 e. The van der Waals surface area contributed by atoms with Crippen molar-refractivity contribution in [1.29, 1.82) is 0 Å². The van der Waals surface area contributed by atoms with Crippen molar-refractivity contribution in [3.63, 3.8) is 0 Å². The summed E-state index contributed by atoms with van der Waals surface area (Å²) in [6.07, 6.45) is 1.17. The van der Waals surface area contributed by atoms with Crippen LogP contribution in [-0.4, -0.2) is 60.5 Å². The molecule has 32 heavy (non-hydrogen) atoms. The summed E-state index contributed by atoms with van der Waals surface area (Å²) >= 11 is 0. The molecule has 1 N–H and O–H groups in total. The fraction of sp³-hybridized carbons (Fsp3) is 0.435. The van der Waals surface area contributed by atoms with E-state index in [9.17, 15) is 18.4 Å². The first kappa shape index (κ1) is 24.0. The summed E-state index contributed by atoms with van der Waals surface area (Å²) in [4.78, 5) is 11.1. The van der Waals surface area contributed by atoms with Crippen LogP contribution < -0.4 is 9.47 Å². The van der Waals surface area contributed by atoms with Crippen molar-refractivity contribution in [3.8, 4) is 11.5 Å². The first-order valence-electron chi connectivity index (χ1n) is 10.7. The van der Waals surface area contributed by atoms with Crippen LogP contribution in [0.15, 0.2) is 54.6 Å². The molecule has 0 radical (unpaired) electrons. The van der Waals surface area contributed by atoms with E-state index in [1.54, 1.807) is 30.3 Å². The Morgan fingerprint density at radius 1 is 1.06 bits per heavy atom. The molecule has 2 aromatic rings. The number of piperidine rings is 1. The maximum absolute atomic E-state index is 13.0. The Labute approximate surface area is 189 Å². The lowest BCUT2D eigenvalue weighted by atomic mass is 10.1. The van der Waals surface area contributed by atoms with Crippen LogP contribution in [0.5, 0.6) is 11.5 Å². The zero-order valence-corrected chi connectivity index (χ0v) is 19.1. The third kappa shape index (κ3) is 6.21. The van der Waals surface area contributed by atoms with Crippen molar-refractivity contribution in [1.82, 2.24) is 9.37 Å². The maximum Gasteiger partial charge on any atom is 0.233 e. The Hall–Kier alpha value is -2.62. The van der Waals surface area contributed by atoms with Crippen molar-refractivity contribution >= 4 is 16.4 Å². The number of carbonyl (C=O) groups excluding carboxylic acids is 1. The summed E-state index contributed by atoms with van der Waals surface area (Å²) in [5.41, 5.74) is 0.547. The SMILES string of the molecule is CC(C)Oc1ccccc1OC1CCN(S(=O)(=O)CC(c2ccccc2)N(O)C=O)CC1. The molecule has 0 bridgehead atoms. The lowest BCUT2D eigenvalue weighted by Crippen LogP contribution is -2.44. The lowest BCUT2D eigenvalue weighted by molar-refractivity contribution is -0.159. The molecule has 1 saturated heterocycles. The minimum absolute atomic E-state index is 0.0155. The number of carbonyl (C=O) groups is 1. The van der Waals surface area contributed by atoms with E-state index in [1.807, 2.05) is 38.1 Å². The molecule has 0 saturated carbocycles. The van der Waals surface area contributed by atoms with Crippen LogP contribution >= 0.6 is 0 Å². The molecule has 1 fully saturated rings. The van der Waals surface area contributed by atoms with E-state index in [1.165, 1.54) is 4.31 Å². The van der Waals surface area contributed by atoms with E-state index >= 15 is 0 Å². The summed E-state index contributed by atoms with van der Waals surface area (Å²) < 4.78 is 39.4. The van der Waals surface area contributed by atoms with Gasteiger partial charge in [0.25, 0.3) is 0 Å². The molecule has 1 aliphatic heterocycles. The van der Waals surface area contributed by atoms with Gasteiger partial charge in [-0.15, -0.1) is 0 Å². The molecular formula is C23H30N2O6S. The van der Waals surface area contributed by atoms with Gasteiger partial charge in [0.2, 0.25) is 16.4 Å². The van der Waals surface area contributed by atoms with E-state index in [0.29, 0.717) is 48.1 Å². The van der Waals surface area contributed by atoms with E-state index in [2.05, 4.69) is 0 Å². The van der Waals surface area contributed by atoms with Crippen molar-refractivity contribution in [2.24, 2.45) is 0 Å². The predicted octanol–water partition coefficient (Wildman–Crippen LogP) is 3.24. The van der Waals surface area contributed by atoms with Crippen LogP contribution in [0.25, 0.3) is 0 Å². The molecule has 1 atom stereocenters. The van der Waals surface area contributed by atoms with Gasteiger partial charge in [0.05, 0.1) is 17.9 Å². The summed E-state index contributed by atoms with van der Waals surface area (Å²) in [5.74, 6) is 0.914. The van der Waals surface area contributed by atoms with Crippen molar-refractivity contribution in [2.45, 2.75) is 44.9 Å². The molecule has 1 aliphatic rings. The summed E-state index contributed by atoms with van der Waals surface area (Å²) in [6, 6.07) is 15.1. The minimum atomic E-state index is -3.71. The van der Waals surface area contributed by atoms with E-state index in [0.717, 1.165) is 0 Å². The number of para-hydroxylation sites is 2. The smallest absolute Gasteiger partial charge is 0.233 e. The third-order valence-electron chi connectivity index (χ3n) is 5.28. The monoisotopic (exact) mass is 462 g/mol. The second-order valence-electron chi connectivity index (χ2n) is 8.02. The highest BCUT2D eigenvalue weighted by Gasteiger charge is 2.33. The number of ether oxygens (including phenoxy) is 2. The molecule has 1 heterocycles. The van der Waals surface area contributed by atoms with Crippen LogP contribution in [0.4, 0.5) is 0 Å². The van der Waals surface area contributed by atoms with E-state index < -0.39 is 21.8 Å². The fourth-order valence-electron chi connectivity index (χ4n) is 3.69. The van der Waals surface area contributed by atoms with Gasteiger partial charge in [-0.25, -0.2) is 17.8 Å². The zero-order valence-electron chi connectivity index (χ0n) is 18.3. The van der Waals surface area contributed by atoms with E-state index in [-0.39, 0.29) is 18.6 Å². The minimum Gasteiger partial charge on any atom is -0.487 e. The van der Waals surface area contributed by atoms with Crippen molar-refractivity contribution in [3.05, 3.63) is 60.2 Å². The number of sulfonamides is 1. The number of benzene rings is 2.